The number of carbonyl (C=O) groups excluding carboxylic acids is 1. The molecule has 0 radical (unpaired) electrons. The highest BCUT2D eigenvalue weighted by atomic mass is 35.5. The molecule has 0 saturated heterocycles. The Morgan fingerprint density at radius 3 is 3.04 bits per heavy atom. The summed E-state index contributed by atoms with van der Waals surface area (Å²) in [6, 6.07) is 4.72. The summed E-state index contributed by atoms with van der Waals surface area (Å²) >= 11 is 7.65. The number of nitrogens with zero attached hydrogens (tertiary/aromatic N) is 2. The molecule has 0 aliphatic carbocycles. The Bertz CT molecular complexity index is 1160. The zero-order valence-electron chi connectivity index (χ0n) is 13.7. The Labute approximate surface area is 156 Å². The Hall–Kier alpha value is -2.64. The quantitative estimate of drug-likeness (QED) is 0.393. The molecule has 8 heteroatoms. The van der Waals surface area contributed by atoms with E-state index in [1.807, 2.05) is 22.9 Å². The van der Waals surface area contributed by atoms with Crippen LogP contribution in [0.4, 0.5) is 0 Å². The van der Waals surface area contributed by atoms with Crippen molar-refractivity contribution in [3.05, 3.63) is 68.2 Å². The van der Waals surface area contributed by atoms with Crippen molar-refractivity contribution in [1.29, 1.82) is 0 Å². The summed E-state index contributed by atoms with van der Waals surface area (Å²) in [7, 11) is 0. The van der Waals surface area contributed by atoms with Crippen molar-refractivity contribution >= 4 is 44.8 Å². The first kappa shape index (κ1) is 16.8. The highest BCUT2D eigenvalue weighted by Crippen LogP contribution is 2.25. The molecule has 0 fully saturated rings. The summed E-state index contributed by atoms with van der Waals surface area (Å²) < 4.78 is 12.4. The summed E-state index contributed by atoms with van der Waals surface area (Å²) in [6.07, 6.45) is 3.73. The van der Waals surface area contributed by atoms with Gasteiger partial charge < -0.3 is 9.15 Å². The molecule has 26 heavy (non-hydrogen) atoms. The summed E-state index contributed by atoms with van der Waals surface area (Å²) in [5.74, 6) is -0.421. The first-order valence-corrected chi connectivity index (χ1v) is 9.05. The van der Waals surface area contributed by atoms with Gasteiger partial charge in [-0.15, -0.1) is 11.3 Å². The van der Waals surface area contributed by atoms with Crippen molar-refractivity contribution in [2.45, 2.75) is 20.0 Å². The van der Waals surface area contributed by atoms with Crippen LogP contribution < -0.4 is 5.63 Å². The van der Waals surface area contributed by atoms with Crippen molar-refractivity contribution in [1.82, 2.24) is 9.38 Å². The number of benzene rings is 1. The number of imidazole rings is 1. The number of aryl methyl sites for hydroxylation is 1. The van der Waals surface area contributed by atoms with Gasteiger partial charge in [0.1, 0.15) is 12.2 Å². The van der Waals surface area contributed by atoms with Crippen LogP contribution in [-0.4, -0.2) is 15.4 Å². The van der Waals surface area contributed by atoms with Crippen LogP contribution in [0.1, 0.15) is 16.8 Å². The Morgan fingerprint density at radius 2 is 2.23 bits per heavy atom. The molecule has 4 aromatic rings. The van der Waals surface area contributed by atoms with Crippen LogP contribution in [0.25, 0.3) is 15.9 Å². The molecule has 4 rings (SSSR count). The summed E-state index contributed by atoms with van der Waals surface area (Å²) in [5, 5.41) is 3.12. The van der Waals surface area contributed by atoms with Crippen LogP contribution in [-0.2, 0) is 22.6 Å². The van der Waals surface area contributed by atoms with Crippen LogP contribution in [0.2, 0.25) is 5.02 Å². The predicted octanol–water partition coefficient (Wildman–Crippen LogP) is 3.75. The maximum absolute atomic E-state index is 12.1. The maximum Gasteiger partial charge on any atom is 0.336 e. The van der Waals surface area contributed by atoms with Crippen LogP contribution in [0, 0.1) is 6.92 Å². The van der Waals surface area contributed by atoms with Crippen molar-refractivity contribution in [3.63, 3.8) is 0 Å². The molecule has 0 aliphatic heterocycles. The van der Waals surface area contributed by atoms with Crippen molar-refractivity contribution < 1.29 is 13.9 Å². The van der Waals surface area contributed by atoms with Gasteiger partial charge in [-0.2, -0.15) is 0 Å². The first-order chi connectivity index (χ1) is 12.5. The van der Waals surface area contributed by atoms with Crippen LogP contribution in [0.3, 0.4) is 0 Å². The minimum Gasteiger partial charge on any atom is -0.460 e. The summed E-state index contributed by atoms with van der Waals surface area (Å²) in [6.45, 7) is 1.78. The number of halogens is 1. The Morgan fingerprint density at radius 1 is 1.38 bits per heavy atom. The fourth-order valence-electron chi connectivity index (χ4n) is 2.69. The average molecular weight is 389 g/mol. The van der Waals surface area contributed by atoms with E-state index in [9.17, 15) is 9.59 Å². The average Bonchev–Trinajstić information content (AvgIpc) is 3.15. The van der Waals surface area contributed by atoms with Gasteiger partial charge in [0.25, 0.3) is 0 Å². The molecule has 3 aromatic heterocycles. The van der Waals surface area contributed by atoms with E-state index in [2.05, 4.69) is 4.98 Å². The van der Waals surface area contributed by atoms with Crippen molar-refractivity contribution in [2.24, 2.45) is 0 Å². The zero-order chi connectivity index (χ0) is 18.3. The molecular weight excluding hydrogens is 376 g/mol. The van der Waals surface area contributed by atoms with Gasteiger partial charge in [-0.05, 0) is 24.6 Å². The normalized spacial score (nSPS) is 11.3. The summed E-state index contributed by atoms with van der Waals surface area (Å²) in [5.41, 5.74) is 1.91. The van der Waals surface area contributed by atoms with Crippen molar-refractivity contribution in [2.75, 3.05) is 0 Å². The smallest absolute Gasteiger partial charge is 0.336 e. The third-order valence-corrected chi connectivity index (χ3v) is 5.14. The number of fused-ring (bicyclic) bond motifs is 2. The molecule has 0 N–H and O–H groups in total. The molecule has 3 heterocycles. The molecule has 0 spiro atoms. The van der Waals surface area contributed by atoms with Crippen LogP contribution in [0.5, 0.6) is 0 Å². The van der Waals surface area contributed by atoms with E-state index in [4.69, 9.17) is 20.8 Å². The second kappa shape index (κ2) is 6.59. The molecule has 0 atom stereocenters. The lowest BCUT2D eigenvalue weighted by Gasteiger charge is -2.08. The van der Waals surface area contributed by atoms with E-state index in [0.29, 0.717) is 27.2 Å². The lowest BCUT2D eigenvalue weighted by atomic mass is 10.1. The molecule has 0 aliphatic rings. The van der Waals surface area contributed by atoms with Gasteiger partial charge in [0, 0.05) is 39.8 Å². The van der Waals surface area contributed by atoms with Gasteiger partial charge in [-0.25, -0.2) is 9.78 Å². The molecule has 132 valence electrons. The minimum atomic E-state index is -0.500. The fraction of sp³-hybridized carbons (Fsp3) is 0.167. The fourth-order valence-corrected chi connectivity index (χ4v) is 3.57. The number of esters is 1. The largest absolute Gasteiger partial charge is 0.460 e. The Kier molecular flexibility index (Phi) is 4.26. The molecule has 0 amide bonds. The third-order valence-electron chi connectivity index (χ3n) is 3.97. The number of carbonyl (C=O) groups is 1. The topological polar surface area (TPSA) is 73.8 Å². The van der Waals surface area contributed by atoms with Gasteiger partial charge >= 0.3 is 11.6 Å². The number of hydrogen-bond donors (Lipinski definition) is 0. The third kappa shape index (κ3) is 3.23. The number of rotatable bonds is 4. The van der Waals surface area contributed by atoms with Gasteiger partial charge in [-0.3, -0.25) is 9.20 Å². The zero-order valence-corrected chi connectivity index (χ0v) is 15.3. The maximum atomic E-state index is 12.1. The lowest BCUT2D eigenvalue weighted by Crippen LogP contribution is -2.10. The molecule has 0 bridgehead atoms. The summed E-state index contributed by atoms with van der Waals surface area (Å²) in [4.78, 5) is 29.1. The standard InChI is InChI=1S/C18H13ClN2O4S/c1-10-4-15-13(7-14(10)19)11(5-17(23)25-15)9-24-16(22)6-12-8-21-2-3-26-18(21)20-12/h2-5,7-8H,6,9H2,1H3. The van der Waals surface area contributed by atoms with Gasteiger partial charge in [0.05, 0.1) is 12.1 Å². The lowest BCUT2D eigenvalue weighted by molar-refractivity contribution is -0.144. The SMILES string of the molecule is Cc1cc2oc(=O)cc(COC(=O)Cc3cn4ccsc4n3)c2cc1Cl. The molecular formula is C18H13ClN2O4S. The number of aromatic nitrogens is 2. The molecule has 0 saturated carbocycles. The highest BCUT2D eigenvalue weighted by molar-refractivity contribution is 7.15. The molecule has 0 unspecified atom stereocenters. The monoisotopic (exact) mass is 388 g/mol. The van der Waals surface area contributed by atoms with Crippen LogP contribution >= 0.6 is 22.9 Å². The van der Waals surface area contributed by atoms with E-state index < -0.39 is 11.6 Å². The molecule has 6 nitrogen and oxygen atoms in total. The minimum absolute atomic E-state index is 0.0391. The number of thiazole rings is 1. The Balaban J connectivity index is 1.53. The van der Waals surface area contributed by atoms with Gasteiger partial charge in [0.2, 0.25) is 0 Å². The first-order valence-electron chi connectivity index (χ1n) is 7.79. The van der Waals surface area contributed by atoms with E-state index in [1.54, 1.807) is 18.3 Å². The van der Waals surface area contributed by atoms with Crippen molar-refractivity contribution in [3.8, 4) is 0 Å². The van der Waals surface area contributed by atoms with Gasteiger partial charge in [0.15, 0.2) is 4.96 Å². The second-order valence-corrected chi connectivity index (χ2v) is 7.13. The predicted molar refractivity (Wildman–Crippen MR) is 98.8 cm³/mol. The van der Waals surface area contributed by atoms with Crippen LogP contribution in [0.15, 0.2) is 45.2 Å². The van der Waals surface area contributed by atoms with E-state index in [0.717, 1.165) is 10.5 Å². The van der Waals surface area contributed by atoms with E-state index >= 15 is 0 Å². The second-order valence-electron chi connectivity index (χ2n) is 5.85. The number of ether oxygens (including phenoxy) is 1. The van der Waals surface area contributed by atoms with E-state index in [1.165, 1.54) is 17.4 Å². The number of hydrogen-bond acceptors (Lipinski definition) is 6. The highest BCUT2D eigenvalue weighted by Gasteiger charge is 2.13. The molecule has 1 aromatic carbocycles. The van der Waals surface area contributed by atoms with Gasteiger partial charge in [-0.1, -0.05) is 11.6 Å². The van der Waals surface area contributed by atoms with E-state index in [-0.39, 0.29) is 13.0 Å².